The van der Waals surface area contributed by atoms with Crippen molar-refractivity contribution < 1.29 is 28.7 Å². The minimum Gasteiger partial charge on any atom is -0.465 e. The highest BCUT2D eigenvalue weighted by atomic mass is 16.5. The zero-order valence-electron chi connectivity index (χ0n) is 14.5. The van der Waals surface area contributed by atoms with Crippen LogP contribution in [-0.4, -0.2) is 49.1 Å². The number of amides is 2. The quantitative estimate of drug-likeness (QED) is 0.593. The molecule has 2 aliphatic rings. The van der Waals surface area contributed by atoms with Gasteiger partial charge < -0.3 is 9.47 Å². The maximum atomic E-state index is 12.9. The summed E-state index contributed by atoms with van der Waals surface area (Å²) in [7, 11) is 0. The van der Waals surface area contributed by atoms with Crippen molar-refractivity contribution in [2.45, 2.75) is 25.9 Å². The number of fused-ring (bicyclic) bond motifs is 1. The van der Waals surface area contributed by atoms with Crippen LogP contribution in [0.15, 0.2) is 30.3 Å². The standard InChI is InChI=1S/C18H20N2O6/c1-3-25-17(23)13-11-12(14(19-13)18(24)26-4-2)16(22)20(15(11)21)10-8-6-5-7-9-10/h5-9,11-14,19H,3-4H2,1-2H3/t11-,12+,13+,14-. The van der Waals surface area contributed by atoms with E-state index < -0.39 is 47.7 Å². The summed E-state index contributed by atoms with van der Waals surface area (Å²) in [5.41, 5.74) is 0.405. The van der Waals surface area contributed by atoms with Crippen LogP contribution in [0.25, 0.3) is 0 Å². The molecule has 0 aliphatic carbocycles. The first kappa shape index (κ1) is 18.1. The van der Waals surface area contributed by atoms with E-state index in [4.69, 9.17) is 9.47 Å². The number of para-hydroxylation sites is 1. The summed E-state index contributed by atoms with van der Waals surface area (Å²) in [6.45, 7) is 3.54. The molecule has 1 aromatic carbocycles. The third-order valence-electron chi connectivity index (χ3n) is 4.57. The Kier molecular flexibility index (Phi) is 5.03. The van der Waals surface area contributed by atoms with Crippen molar-refractivity contribution >= 4 is 29.4 Å². The Labute approximate surface area is 150 Å². The first-order valence-electron chi connectivity index (χ1n) is 8.53. The van der Waals surface area contributed by atoms with E-state index in [1.54, 1.807) is 44.2 Å². The van der Waals surface area contributed by atoms with Crippen LogP contribution in [0.1, 0.15) is 13.8 Å². The summed E-state index contributed by atoms with van der Waals surface area (Å²) >= 11 is 0. The maximum Gasteiger partial charge on any atom is 0.324 e. The molecule has 26 heavy (non-hydrogen) atoms. The fraction of sp³-hybridized carbons (Fsp3) is 0.444. The van der Waals surface area contributed by atoms with Gasteiger partial charge in [-0.25, -0.2) is 4.90 Å². The summed E-state index contributed by atoms with van der Waals surface area (Å²) in [6.07, 6.45) is 0. The summed E-state index contributed by atoms with van der Waals surface area (Å²) < 4.78 is 10.0. The molecule has 0 spiro atoms. The number of hydrogen-bond donors (Lipinski definition) is 1. The molecule has 0 radical (unpaired) electrons. The van der Waals surface area contributed by atoms with Gasteiger partial charge in [0.15, 0.2) is 0 Å². The minimum atomic E-state index is -1.07. The number of carbonyl (C=O) groups excluding carboxylic acids is 4. The molecule has 8 nitrogen and oxygen atoms in total. The topological polar surface area (TPSA) is 102 Å². The van der Waals surface area contributed by atoms with Gasteiger partial charge in [0.25, 0.3) is 0 Å². The fourth-order valence-corrected chi connectivity index (χ4v) is 3.54. The lowest BCUT2D eigenvalue weighted by atomic mass is 9.89. The molecule has 2 heterocycles. The molecule has 2 amide bonds. The second-order valence-corrected chi connectivity index (χ2v) is 6.03. The molecule has 0 bridgehead atoms. The molecule has 2 aliphatic heterocycles. The van der Waals surface area contributed by atoms with E-state index in [9.17, 15) is 19.2 Å². The van der Waals surface area contributed by atoms with E-state index in [2.05, 4.69) is 5.32 Å². The van der Waals surface area contributed by atoms with Gasteiger partial charge in [0, 0.05) is 0 Å². The number of esters is 2. The summed E-state index contributed by atoms with van der Waals surface area (Å²) in [6, 6.07) is 6.28. The van der Waals surface area contributed by atoms with Gasteiger partial charge in [-0.1, -0.05) is 18.2 Å². The Morgan fingerprint density at radius 2 is 1.38 bits per heavy atom. The molecule has 8 heteroatoms. The predicted octanol–water partition coefficient (Wildman–Crippen LogP) is 0.259. The monoisotopic (exact) mass is 360 g/mol. The van der Waals surface area contributed by atoms with Crippen molar-refractivity contribution in [3.8, 4) is 0 Å². The minimum absolute atomic E-state index is 0.128. The molecule has 0 unspecified atom stereocenters. The van der Waals surface area contributed by atoms with Gasteiger partial charge in [0.1, 0.15) is 12.1 Å². The molecule has 0 aromatic heterocycles. The van der Waals surface area contributed by atoms with Crippen molar-refractivity contribution in [2.75, 3.05) is 18.1 Å². The molecular weight excluding hydrogens is 340 g/mol. The summed E-state index contributed by atoms with van der Waals surface area (Å²) in [4.78, 5) is 51.5. The van der Waals surface area contributed by atoms with Crippen LogP contribution in [0, 0.1) is 11.8 Å². The number of nitrogens with zero attached hydrogens (tertiary/aromatic N) is 1. The lowest BCUT2D eigenvalue weighted by Crippen LogP contribution is -2.48. The Morgan fingerprint density at radius 1 is 0.923 bits per heavy atom. The number of imide groups is 1. The molecule has 2 fully saturated rings. The average molecular weight is 360 g/mol. The second-order valence-electron chi connectivity index (χ2n) is 6.03. The second kappa shape index (κ2) is 7.25. The lowest BCUT2D eigenvalue weighted by Gasteiger charge is -2.21. The van der Waals surface area contributed by atoms with Crippen molar-refractivity contribution in [2.24, 2.45) is 11.8 Å². The van der Waals surface area contributed by atoms with Crippen molar-refractivity contribution in [3.63, 3.8) is 0 Å². The maximum absolute atomic E-state index is 12.9. The third kappa shape index (κ3) is 2.86. The zero-order chi connectivity index (χ0) is 18.8. The van der Waals surface area contributed by atoms with Crippen LogP contribution in [0.4, 0.5) is 5.69 Å². The number of hydrogen-bond acceptors (Lipinski definition) is 7. The van der Waals surface area contributed by atoms with E-state index >= 15 is 0 Å². The Hall–Kier alpha value is -2.74. The number of benzene rings is 1. The molecule has 4 atom stereocenters. The van der Waals surface area contributed by atoms with Crippen LogP contribution in [0.2, 0.25) is 0 Å². The van der Waals surface area contributed by atoms with Crippen LogP contribution >= 0.6 is 0 Å². The Morgan fingerprint density at radius 3 is 1.81 bits per heavy atom. The number of anilines is 1. The van der Waals surface area contributed by atoms with Gasteiger partial charge in [-0.2, -0.15) is 0 Å². The van der Waals surface area contributed by atoms with Gasteiger partial charge in [-0.05, 0) is 26.0 Å². The van der Waals surface area contributed by atoms with Crippen LogP contribution < -0.4 is 10.2 Å². The van der Waals surface area contributed by atoms with E-state index in [1.165, 1.54) is 0 Å². The normalized spacial score (nSPS) is 27.4. The predicted molar refractivity (Wildman–Crippen MR) is 89.9 cm³/mol. The van der Waals surface area contributed by atoms with E-state index in [1.807, 2.05) is 0 Å². The molecule has 0 saturated carbocycles. The zero-order valence-corrected chi connectivity index (χ0v) is 14.5. The smallest absolute Gasteiger partial charge is 0.324 e. The van der Waals surface area contributed by atoms with Crippen molar-refractivity contribution in [1.82, 2.24) is 5.32 Å². The average Bonchev–Trinajstić information content (AvgIpc) is 3.14. The molecule has 1 aromatic rings. The highest BCUT2D eigenvalue weighted by Crippen LogP contribution is 2.40. The van der Waals surface area contributed by atoms with Gasteiger partial charge in [0.2, 0.25) is 11.8 Å². The first-order chi connectivity index (χ1) is 12.5. The van der Waals surface area contributed by atoms with Gasteiger partial charge >= 0.3 is 11.9 Å². The largest absolute Gasteiger partial charge is 0.465 e. The van der Waals surface area contributed by atoms with E-state index in [0.717, 1.165) is 4.90 Å². The van der Waals surface area contributed by atoms with Gasteiger partial charge in [-0.15, -0.1) is 0 Å². The number of ether oxygens (including phenoxy) is 2. The van der Waals surface area contributed by atoms with Gasteiger partial charge in [0.05, 0.1) is 30.7 Å². The number of nitrogens with one attached hydrogen (secondary N) is 1. The molecule has 3 rings (SSSR count). The highest BCUT2D eigenvalue weighted by Gasteiger charge is 2.63. The van der Waals surface area contributed by atoms with Gasteiger partial charge in [-0.3, -0.25) is 24.5 Å². The first-order valence-corrected chi connectivity index (χ1v) is 8.53. The Balaban J connectivity index is 1.98. The number of rotatable bonds is 5. The summed E-state index contributed by atoms with van der Waals surface area (Å²) in [5, 5.41) is 2.78. The summed E-state index contributed by atoms with van der Waals surface area (Å²) in [5.74, 6) is -4.38. The fourth-order valence-electron chi connectivity index (χ4n) is 3.54. The van der Waals surface area contributed by atoms with E-state index in [-0.39, 0.29) is 13.2 Å². The number of carbonyl (C=O) groups is 4. The highest BCUT2D eigenvalue weighted by molar-refractivity contribution is 6.24. The Bertz CT molecular complexity index is 692. The SMILES string of the molecule is CCOC(=O)[C@H]1N[C@@H](C(=O)OCC)[C@H]2C(=O)N(c3ccccc3)C(=O)[C@H]21. The van der Waals surface area contributed by atoms with Crippen LogP contribution in [-0.2, 0) is 28.7 Å². The molecule has 138 valence electrons. The van der Waals surface area contributed by atoms with Crippen molar-refractivity contribution in [1.29, 1.82) is 0 Å². The van der Waals surface area contributed by atoms with E-state index in [0.29, 0.717) is 5.69 Å². The lowest BCUT2D eigenvalue weighted by molar-refractivity contribution is -0.148. The van der Waals surface area contributed by atoms with Crippen LogP contribution in [0.3, 0.4) is 0 Å². The molecular formula is C18H20N2O6. The van der Waals surface area contributed by atoms with Crippen molar-refractivity contribution in [3.05, 3.63) is 30.3 Å². The third-order valence-corrected chi connectivity index (χ3v) is 4.57. The molecule has 1 N–H and O–H groups in total. The van der Waals surface area contributed by atoms with Crippen LogP contribution in [0.5, 0.6) is 0 Å². The molecule has 2 saturated heterocycles.